The Morgan fingerprint density at radius 3 is 2.53 bits per heavy atom. The fourth-order valence-corrected chi connectivity index (χ4v) is 2.03. The summed E-state index contributed by atoms with van der Waals surface area (Å²) in [6, 6.07) is -0.274. The van der Waals surface area contributed by atoms with Crippen molar-refractivity contribution in [1.82, 2.24) is 5.32 Å². The molecule has 4 heteroatoms. The van der Waals surface area contributed by atoms with Gasteiger partial charge < -0.3 is 9.84 Å². The largest absolute Gasteiger partial charge is 0.468 e. The summed E-state index contributed by atoms with van der Waals surface area (Å²) in [5, 5.41) is 12.9. The number of esters is 1. The first-order valence-electron chi connectivity index (χ1n) is 5.58. The highest BCUT2D eigenvalue weighted by Crippen LogP contribution is 2.20. The van der Waals surface area contributed by atoms with E-state index in [4.69, 9.17) is 4.74 Å². The van der Waals surface area contributed by atoms with Crippen molar-refractivity contribution in [3.63, 3.8) is 0 Å². The molecule has 0 saturated heterocycles. The summed E-state index contributed by atoms with van der Waals surface area (Å²) >= 11 is 0. The van der Waals surface area contributed by atoms with Gasteiger partial charge in [-0.05, 0) is 25.2 Å². The van der Waals surface area contributed by atoms with E-state index in [2.05, 4.69) is 5.32 Å². The predicted octanol–water partition coefficient (Wildman–Crippen LogP) is 0.687. The Hall–Kier alpha value is -0.610. The zero-order valence-corrected chi connectivity index (χ0v) is 9.69. The van der Waals surface area contributed by atoms with Gasteiger partial charge in [0.2, 0.25) is 0 Å². The van der Waals surface area contributed by atoms with E-state index >= 15 is 0 Å². The molecule has 4 nitrogen and oxygen atoms in total. The van der Waals surface area contributed by atoms with Gasteiger partial charge in [-0.3, -0.25) is 10.1 Å². The summed E-state index contributed by atoms with van der Waals surface area (Å²) in [5.74, 6) is -0.0747. The van der Waals surface area contributed by atoms with Gasteiger partial charge in [-0.25, -0.2) is 0 Å². The lowest BCUT2D eigenvalue weighted by molar-refractivity contribution is -0.144. The first-order valence-corrected chi connectivity index (χ1v) is 5.58. The smallest absolute Gasteiger partial charge is 0.323 e. The van der Waals surface area contributed by atoms with Crippen LogP contribution in [0, 0.1) is 5.92 Å². The molecule has 1 aliphatic rings. The van der Waals surface area contributed by atoms with E-state index in [9.17, 15) is 9.90 Å². The molecule has 0 aliphatic heterocycles. The molecule has 0 aromatic heterocycles. The number of methoxy groups -OCH3 is 1. The molecule has 1 aliphatic carbocycles. The molecular weight excluding hydrogens is 194 g/mol. The van der Waals surface area contributed by atoms with Crippen LogP contribution in [0.5, 0.6) is 0 Å². The standard InChI is InChI=1S/C11H21NO3/c1-7(2)10(11(14)15-3)12-8-5-4-6-9(8)13/h7-10,12-13H,4-6H2,1-3H3/t8?,9?,10-/m0/s1. The predicted molar refractivity (Wildman–Crippen MR) is 57.4 cm³/mol. The molecule has 1 rings (SSSR count). The summed E-state index contributed by atoms with van der Waals surface area (Å²) < 4.78 is 4.74. The van der Waals surface area contributed by atoms with Gasteiger partial charge in [0.05, 0.1) is 13.2 Å². The summed E-state index contributed by atoms with van der Waals surface area (Å²) in [6.45, 7) is 3.94. The second kappa shape index (κ2) is 5.47. The first kappa shape index (κ1) is 12.5. The lowest BCUT2D eigenvalue weighted by atomic mass is 10.0. The fraction of sp³-hybridized carbons (Fsp3) is 0.909. The van der Waals surface area contributed by atoms with Crippen LogP contribution in [0.3, 0.4) is 0 Å². The number of nitrogens with one attached hydrogen (secondary N) is 1. The van der Waals surface area contributed by atoms with Crippen molar-refractivity contribution in [2.45, 2.75) is 51.3 Å². The van der Waals surface area contributed by atoms with Gasteiger partial charge in [-0.15, -0.1) is 0 Å². The second-order valence-electron chi connectivity index (χ2n) is 4.52. The van der Waals surface area contributed by atoms with Gasteiger partial charge in [0.25, 0.3) is 0 Å². The van der Waals surface area contributed by atoms with Crippen LogP contribution in [0.15, 0.2) is 0 Å². The van der Waals surface area contributed by atoms with Crippen molar-refractivity contribution in [3.05, 3.63) is 0 Å². The highest BCUT2D eigenvalue weighted by Gasteiger charge is 2.31. The maximum Gasteiger partial charge on any atom is 0.323 e. The first-order chi connectivity index (χ1) is 7.06. The van der Waals surface area contributed by atoms with E-state index in [0.29, 0.717) is 0 Å². The molecule has 0 amide bonds. The van der Waals surface area contributed by atoms with Crippen LogP contribution in [-0.4, -0.2) is 36.4 Å². The number of aliphatic hydroxyl groups is 1. The normalized spacial score (nSPS) is 28.1. The summed E-state index contributed by atoms with van der Waals surface area (Å²) in [6.07, 6.45) is 2.45. The van der Waals surface area contributed by atoms with Gasteiger partial charge in [0.1, 0.15) is 6.04 Å². The highest BCUT2D eigenvalue weighted by molar-refractivity contribution is 5.76. The number of hydrogen-bond acceptors (Lipinski definition) is 4. The molecule has 88 valence electrons. The fourth-order valence-electron chi connectivity index (χ4n) is 2.03. The molecule has 1 saturated carbocycles. The van der Waals surface area contributed by atoms with Crippen molar-refractivity contribution in [1.29, 1.82) is 0 Å². The minimum Gasteiger partial charge on any atom is -0.468 e. The van der Waals surface area contributed by atoms with Crippen molar-refractivity contribution >= 4 is 5.97 Å². The van der Waals surface area contributed by atoms with Crippen LogP contribution in [-0.2, 0) is 9.53 Å². The molecule has 1 fully saturated rings. The Kier molecular flexibility index (Phi) is 4.54. The molecule has 0 heterocycles. The Balaban J connectivity index is 2.54. The number of ether oxygens (including phenoxy) is 1. The molecule has 15 heavy (non-hydrogen) atoms. The van der Waals surface area contributed by atoms with Crippen molar-refractivity contribution in [2.24, 2.45) is 5.92 Å². The van der Waals surface area contributed by atoms with E-state index in [-0.39, 0.29) is 30.1 Å². The van der Waals surface area contributed by atoms with Gasteiger partial charge >= 0.3 is 5.97 Å². The third kappa shape index (κ3) is 3.18. The van der Waals surface area contributed by atoms with Crippen LogP contribution in [0.25, 0.3) is 0 Å². The minimum atomic E-state index is -0.323. The number of hydrogen-bond donors (Lipinski definition) is 2. The van der Waals surface area contributed by atoms with Gasteiger partial charge in [-0.2, -0.15) is 0 Å². The third-order valence-electron chi connectivity index (χ3n) is 2.99. The van der Waals surface area contributed by atoms with E-state index in [1.807, 2.05) is 13.8 Å². The zero-order valence-electron chi connectivity index (χ0n) is 9.69. The van der Waals surface area contributed by atoms with E-state index in [0.717, 1.165) is 19.3 Å². The van der Waals surface area contributed by atoms with Crippen LogP contribution >= 0.6 is 0 Å². The highest BCUT2D eigenvalue weighted by atomic mass is 16.5. The summed E-state index contributed by atoms with van der Waals surface area (Å²) in [7, 11) is 1.39. The molecule has 2 unspecified atom stereocenters. The quantitative estimate of drug-likeness (QED) is 0.677. The zero-order chi connectivity index (χ0) is 11.4. The summed E-state index contributed by atoms with van der Waals surface area (Å²) in [5.41, 5.74) is 0. The van der Waals surface area contributed by atoms with Crippen LogP contribution in [0.1, 0.15) is 33.1 Å². The van der Waals surface area contributed by atoms with E-state index < -0.39 is 0 Å². The molecular formula is C11H21NO3. The number of carbonyl (C=O) groups is 1. The third-order valence-corrected chi connectivity index (χ3v) is 2.99. The Morgan fingerprint density at radius 2 is 2.13 bits per heavy atom. The molecule has 0 aromatic carbocycles. The molecule has 0 spiro atoms. The Morgan fingerprint density at radius 1 is 1.47 bits per heavy atom. The number of rotatable bonds is 4. The van der Waals surface area contributed by atoms with E-state index in [1.165, 1.54) is 7.11 Å². The van der Waals surface area contributed by atoms with Crippen molar-refractivity contribution in [3.8, 4) is 0 Å². The van der Waals surface area contributed by atoms with Crippen LogP contribution < -0.4 is 5.32 Å². The Labute approximate surface area is 91.0 Å². The van der Waals surface area contributed by atoms with Crippen molar-refractivity contribution < 1.29 is 14.6 Å². The molecule has 3 atom stereocenters. The molecule has 0 aromatic rings. The van der Waals surface area contributed by atoms with Gasteiger partial charge in [0, 0.05) is 6.04 Å². The van der Waals surface area contributed by atoms with E-state index in [1.54, 1.807) is 0 Å². The lowest BCUT2D eigenvalue weighted by Crippen LogP contribution is -2.49. The average molecular weight is 215 g/mol. The minimum absolute atomic E-state index is 0.0384. The maximum absolute atomic E-state index is 11.5. The SMILES string of the molecule is COC(=O)[C@@H](NC1CCCC1O)C(C)C. The monoisotopic (exact) mass is 215 g/mol. The molecule has 2 N–H and O–H groups in total. The average Bonchev–Trinajstić information content (AvgIpc) is 2.59. The topological polar surface area (TPSA) is 58.6 Å². The van der Waals surface area contributed by atoms with Crippen LogP contribution in [0.2, 0.25) is 0 Å². The van der Waals surface area contributed by atoms with Crippen LogP contribution in [0.4, 0.5) is 0 Å². The van der Waals surface area contributed by atoms with Crippen molar-refractivity contribution in [2.75, 3.05) is 7.11 Å². The van der Waals surface area contributed by atoms with Gasteiger partial charge in [-0.1, -0.05) is 13.8 Å². The number of aliphatic hydroxyl groups excluding tert-OH is 1. The molecule has 0 radical (unpaired) electrons. The summed E-state index contributed by atoms with van der Waals surface area (Å²) in [4.78, 5) is 11.5. The molecule has 0 bridgehead atoms. The number of carbonyl (C=O) groups excluding carboxylic acids is 1. The van der Waals surface area contributed by atoms with Gasteiger partial charge in [0.15, 0.2) is 0 Å². The maximum atomic E-state index is 11.5. The lowest BCUT2D eigenvalue weighted by Gasteiger charge is -2.25. The second-order valence-corrected chi connectivity index (χ2v) is 4.52. The Bertz CT molecular complexity index is 218.